The summed E-state index contributed by atoms with van der Waals surface area (Å²) in [4.78, 5) is 15.9. The smallest absolute Gasteiger partial charge is 0.349 e. The number of H-pyrrole nitrogens is 1. The topological polar surface area (TPSA) is 75.1 Å². The van der Waals surface area contributed by atoms with E-state index in [0.717, 1.165) is 10.0 Å². The molecule has 102 valence electrons. The molecule has 0 spiro atoms. The SMILES string of the molecule is Cc1nc(NCc2ccc(Br)cc2)cc2n[nH]c(=O)n12. The molecule has 0 saturated carbocycles. The van der Waals surface area contributed by atoms with Crippen molar-refractivity contribution in [1.29, 1.82) is 0 Å². The van der Waals surface area contributed by atoms with Crippen molar-refractivity contribution in [2.45, 2.75) is 13.5 Å². The van der Waals surface area contributed by atoms with E-state index in [-0.39, 0.29) is 5.69 Å². The molecule has 0 aliphatic carbocycles. The third kappa shape index (κ3) is 2.44. The molecule has 0 fully saturated rings. The van der Waals surface area contributed by atoms with Crippen LogP contribution in [-0.4, -0.2) is 19.6 Å². The highest BCUT2D eigenvalue weighted by atomic mass is 79.9. The van der Waals surface area contributed by atoms with Gasteiger partial charge in [-0.15, -0.1) is 0 Å². The van der Waals surface area contributed by atoms with Gasteiger partial charge in [0.05, 0.1) is 0 Å². The van der Waals surface area contributed by atoms with Crippen LogP contribution in [0.3, 0.4) is 0 Å². The number of anilines is 1. The van der Waals surface area contributed by atoms with Crippen molar-refractivity contribution < 1.29 is 0 Å². The number of nitrogens with zero attached hydrogens (tertiary/aromatic N) is 3. The van der Waals surface area contributed by atoms with Gasteiger partial charge in [-0.3, -0.25) is 0 Å². The molecule has 0 unspecified atom stereocenters. The molecule has 7 heteroatoms. The fourth-order valence-electron chi connectivity index (χ4n) is 1.98. The van der Waals surface area contributed by atoms with Crippen molar-refractivity contribution in [3.05, 3.63) is 56.7 Å². The molecule has 0 atom stereocenters. The Morgan fingerprint density at radius 3 is 2.85 bits per heavy atom. The van der Waals surface area contributed by atoms with Gasteiger partial charge in [-0.1, -0.05) is 28.1 Å². The Balaban J connectivity index is 1.84. The van der Waals surface area contributed by atoms with Gasteiger partial charge in [-0.25, -0.2) is 19.3 Å². The largest absolute Gasteiger partial charge is 0.366 e. The average molecular weight is 334 g/mol. The molecule has 0 saturated heterocycles. The average Bonchev–Trinajstić information content (AvgIpc) is 2.80. The molecule has 20 heavy (non-hydrogen) atoms. The Morgan fingerprint density at radius 2 is 2.10 bits per heavy atom. The number of aryl methyl sites for hydroxylation is 1. The first-order chi connectivity index (χ1) is 9.63. The van der Waals surface area contributed by atoms with Crippen molar-refractivity contribution in [2.24, 2.45) is 0 Å². The van der Waals surface area contributed by atoms with Crippen LogP contribution in [0.1, 0.15) is 11.4 Å². The van der Waals surface area contributed by atoms with E-state index in [9.17, 15) is 4.79 Å². The predicted molar refractivity (Wildman–Crippen MR) is 79.8 cm³/mol. The Bertz CT molecular complexity index is 806. The van der Waals surface area contributed by atoms with Crippen molar-refractivity contribution in [3.8, 4) is 0 Å². The normalized spacial score (nSPS) is 10.9. The molecule has 0 amide bonds. The monoisotopic (exact) mass is 333 g/mol. The molecule has 2 heterocycles. The summed E-state index contributed by atoms with van der Waals surface area (Å²) < 4.78 is 2.48. The molecule has 3 rings (SSSR count). The van der Waals surface area contributed by atoms with E-state index in [1.165, 1.54) is 4.40 Å². The lowest BCUT2D eigenvalue weighted by molar-refractivity contribution is 0.931. The van der Waals surface area contributed by atoms with Gasteiger partial charge >= 0.3 is 5.69 Å². The molecule has 2 N–H and O–H groups in total. The van der Waals surface area contributed by atoms with Crippen LogP contribution in [0, 0.1) is 6.92 Å². The third-order valence-electron chi connectivity index (χ3n) is 2.96. The molecule has 0 radical (unpaired) electrons. The fraction of sp³-hybridized carbons (Fsp3) is 0.154. The standard InChI is InChI=1S/C13H12BrN5O/c1-8-16-11(6-12-17-18-13(20)19(8)12)15-7-9-2-4-10(14)5-3-9/h2-6,15H,7H2,1H3,(H,18,20). The molecular weight excluding hydrogens is 322 g/mol. The minimum atomic E-state index is -0.274. The summed E-state index contributed by atoms with van der Waals surface area (Å²) in [5.41, 5.74) is 1.43. The Labute approximate surface area is 123 Å². The van der Waals surface area contributed by atoms with Crippen molar-refractivity contribution >= 4 is 27.4 Å². The van der Waals surface area contributed by atoms with Gasteiger partial charge in [-0.2, -0.15) is 5.10 Å². The Morgan fingerprint density at radius 1 is 1.35 bits per heavy atom. The minimum Gasteiger partial charge on any atom is -0.366 e. The van der Waals surface area contributed by atoms with Gasteiger partial charge in [-0.05, 0) is 24.6 Å². The molecule has 6 nitrogen and oxygen atoms in total. The van der Waals surface area contributed by atoms with Gasteiger partial charge in [0.1, 0.15) is 11.6 Å². The van der Waals surface area contributed by atoms with Crippen LogP contribution in [-0.2, 0) is 6.54 Å². The molecule has 0 aliphatic rings. The maximum absolute atomic E-state index is 11.5. The van der Waals surface area contributed by atoms with Crippen LogP contribution in [0.15, 0.2) is 39.6 Å². The molecule has 0 aliphatic heterocycles. The summed E-state index contributed by atoms with van der Waals surface area (Å²) in [6.07, 6.45) is 0. The van der Waals surface area contributed by atoms with E-state index in [0.29, 0.717) is 23.8 Å². The summed E-state index contributed by atoms with van der Waals surface area (Å²) in [5, 5.41) is 9.58. The first kappa shape index (κ1) is 12.9. The van der Waals surface area contributed by atoms with Gasteiger partial charge < -0.3 is 5.32 Å². The first-order valence-electron chi connectivity index (χ1n) is 6.06. The second-order valence-corrected chi connectivity index (χ2v) is 5.31. The third-order valence-corrected chi connectivity index (χ3v) is 3.49. The van der Waals surface area contributed by atoms with E-state index in [4.69, 9.17) is 0 Å². The number of fused-ring (bicyclic) bond motifs is 1. The summed E-state index contributed by atoms with van der Waals surface area (Å²) >= 11 is 3.40. The van der Waals surface area contributed by atoms with Crippen LogP contribution in [0.5, 0.6) is 0 Å². The van der Waals surface area contributed by atoms with Gasteiger partial charge in [0.15, 0.2) is 5.65 Å². The molecule has 2 aromatic heterocycles. The summed E-state index contributed by atoms with van der Waals surface area (Å²) in [6.45, 7) is 2.43. The highest BCUT2D eigenvalue weighted by Gasteiger charge is 2.06. The van der Waals surface area contributed by atoms with Crippen molar-refractivity contribution in [3.63, 3.8) is 0 Å². The number of halogens is 1. The second kappa shape index (κ2) is 5.09. The Hall–Kier alpha value is -2.15. The lowest BCUT2D eigenvalue weighted by atomic mass is 10.2. The van der Waals surface area contributed by atoms with Gasteiger partial charge in [0, 0.05) is 17.1 Å². The molecule has 0 bridgehead atoms. The summed E-state index contributed by atoms with van der Waals surface area (Å²) in [7, 11) is 0. The lowest BCUT2D eigenvalue weighted by Gasteiger charge is -2.07. The molecule has 1 aromatic carbocycles. The number of benzene rings is 1. The first-order valence-corrected chi connectivity index (χ1v) is 6.86. The molecule has 3 aromatic rings. The highest BCUT2D eigenvalue weighted by Crippen LogP contribution is 2.13. The van der Waals surface area contributed by atoms with Crippen molar-refractivity contribution in [2.75, 3.05) is 5.32 Å². The number of rotatable bonds is 3. The maximum atomic E-state index is 11.5. The number of aromatic nitrogens is 4. The Kier molecular flexibility index (Phi) is 3.27. The quantitative estimate of drug-likeness (QED) is 0.769. The van der Waals surface area contributed by atoms with E-state index in [2.05, 4.69) is 36.4 Å². The predicted octanol–water partition coefficient (Wildman–Crippen LogP) is 2.10. The number of nitrogens with one attached hydrogen (secondary N) is 2. The summed E-state index contributed by atoms with van der Waals surface area (Å²) in [6, 6.07) is 9.78. The maximum Gasteiger partial charge on any atom is 0.349 e. The second-order valence-electron chi connectivity index (χ2n) is 4.39. The zero-order valence-electron chi connectivity index (χ0n) is 10.7. The van der Waals surface area contributed by atoms with Gasteiger partial charge in [0.25, 0.3) is 0 Å². The fourth-order valence-corrected chi connectivity index (χ4v) is 2.25. The minimum absolute atomic E-state index is 0.274. The van der Waals surface area contributed by atoms with Crippen molar-refractivity contribution in [1.82, 2.24) is 19.6 Å². The van der Waals surface area contributed by atoms with Crippen LogP contribution in [0.4, 0.5) is 5.82 Å². The van der Waals surface area contributed by atoms with E-state index < -0.39 is 0 Å². The van der Waals surface area contributed by atoms with E-state index in [1.807, 2.05) is 24.3 Å². The zero-order chi connectivity index (χ0) is 14.1. The highest BCUT2D eigenvalue weighted by molar-refractivity contribution is 9.10. The number of aromatic amines is 1. The van der Waals surface area contributed by atoms with Crippen LogP contribution >= 0.6 is 15.9 Å². The summed E-state index contributed by atoms with van der Waals surface area (Å²) in [5.74, 6) is 1.29. The van der Waals surface area contributed by atoms with Crippen LogP contribution in [0.2, 0.25) is 0 Å². The van der Waals surface area contributed by atoms with Gasteiger partial charge in [0.2, 0.25) is 0 Å². The zero-order valence-corrected chi connectivity index (χ0v) is 12.3. The lowest BCUT2D eigenvalue weighted by Crippen LogP contribution is -2.14. The number of hydrogen-bond donors (Lipinski definition) is 2. The van der Waals surface area contributed by atoms with Crippen LogP contribution < -0.4 is 11.0 Å². The van der Waals surface area contributed by atoms with E-state index >= 15 is 0 Å². The number of hydrogen-bond acceptors (Lipinski definition) is 4. The van der Waals surface area contributed by atoms with E-state index in [1.54, 1.807) is 13.0 Å². The molecular formula is C13H12BrN5O. The van der Waals surface area contributed by atoms with Crippen LogP contribution in [0.25, 0.3) is 5.65 Å².